The summed E-state index contributed by atoms with van der Waals surface area (Å²) in [4.78, 5) is 23.6. The van der Waals surface area contributed by atoms with Gasteiger partial charge in [-0.25, -0.2) is 22.3 Å². The molecule has 1 aliphatic carbocycles. The molecule has 0 radical (unpaired) electrons. The van der Waals surface area contributed by atoms with Gasteiger partial charge in [-0.15, -0.1) is 0 Å². The van der Waals surface area contributed by atoms with Crippen molar-refractivity contribution in [1.82, 2.24) is 14.9 Å². The Kier molecular flexibility index (Phi) is 6.90. The van der Waals surface area contributed by atoms with Crippen molar-refractivity contribution in [2.75, 3.05) is 26.5 Å². The van der Waals surface area contributed by atoms with Gasteiger partial charge in [0, 0.05) is 19.7 Å². The number of carbonyl (C=O) groups excluding carboxylic acids is 2. The molecule has 0 aromatic heterocycles. The number of amides is 4. The molecule has 0 saturated heterocycles. The Balaban J connectivity index is 2.66. The maximum Gasteiger partial charge on any atom is 0.339 e. The molecule has 8 nitrogen and oxygen atoms in total. The average Bonchev–Trinajstić information content (AvgIpc) is 2.38. The molecular weight excluding hydrogens is 298 g/mol. The predicted octanol–water partition coefficient (Wildman–Crippen LogP) is 0.646. The molecule has 0 atom stereocenters. The number of methoxy groups -OCH3 is 1. The van der Waals surface area contributed by atoms with Gasteiger partial charge in [0.2, 0.25) is 10.0 Å². The Bertz CT molecular complexity index is 460. The van der Waals surface area contributed by atoms with Gasteiger partial charge in [0.15, 0.2) is 0 Å². The van der Waals surface area contributed by atoms with Crippen LogP contribution in [0.3, 0.4) is 0 Å². The molecule has 0 bridgehead atoms. The summed E-state index contributed by atoms with van der Waals surface area (Å²) in [5.41, 5.74) is 0. The van der Waals surface area contributed by atoms with Crippen LogP contribution < -0.4 is 10.6 Å². The number of hydrogen-bond donors (Lipinski definition) is 2. The van der Waals surface area contributed by atoms with Crippen LogP contribution in [0.5, 0.6) is 0 Å². The van der Waals surface area contributed by atoms with Gasteiger partial charge in [-0.1, -0.05) is 19.3 Å². The van der Waals surface area contributed by atoms with E-state index in [0.29, 0.717) is 19.4 Å². The van der Waals surface area contributed by atoms with Gasteiger partial charge in [-0.3, -0.25) is 5.32 Å². The lowest BCUT2D eigenvalue weighted by molar-refractivity contribution is 0.189. The lowest BCUT2D eigenvalue weighted by Crippen LogP contribution is -2.53. The topological polar surface area (TPSA) is 105 Å². The fraction of sp³-hybridized carbons (Fsp3) is 0.833. The highest BCUT2D eigenvalue weighted by Crippen LogP contribution is 2.24. The van der Waals surface area contributed by atoms with E-state index in [9.17, 15) is 18.0 Å². The first kappa shape index (κ1) is 17.7. The molecule has 1 fully saturated rings. The second-order valence-electron chi connectivity index (χ2n) is 5.03. The molecule has 4 amide bonds. The molecule has 0 aromatic rings. The lowest BCUT2D eigenvalue weighted by atomic mass is 9.96. The van der Waals surface area contributed by atoms with E-state index in [4.69, 9.17) is 4.74 Å². The monoisotopic (exact) mass is 321 g/mol. The van der Waals surface area contributed by atoms with Gasteiger partial charge in [0.05, 0.1) is 12.9 Å². The number of nitrogens with one attached hydrogen (secondary N) is 2. The first-order valence-corrected chi connectivity index (χ1v) is 8.78. The lowest BCUT2D eigenvalue weighted by Gasteiger charge is -2.32. The summed E-state index contributed by atoms with van der Waals surface area (Å²) in [6.45, 7) is 0.540. The number of hydrogen-bond acceptors (Lipinski definition) is 5. The average molecular weight is 321 g/mol. The van der Waals surface area contributed by atoms with E-state index in [1.165, 1.54) is 7.11 Å². The molecule has 0 aromatic carbocycles. The summed E-state index contributed by atoms with van der Waals surface area (Å²) < 4.78 is 29.2. The van der Waals surface area contributed by atoms with Crippen molar-refractivity contribution in [3.63, 3.8) is 0 Å². The molecule has 2 N–H and O–H groups in total. The van der Waals surface area contributed by atoms with Crippen molar-refractivity contribution in [3.8, 4) is 0 Å². The van der Waals surface area contributed by atoms with Gasteiger partial charge in [0.1, 0.15) is 0 Å². The summed E-state index contributed by atoms with van der Waals surface area (Å²) in [6.07, 6.45) is 5.03. The number of imide groups is 1. The van der Waals surface area contributed by atoms with Gasteiger partial charge >= 0.3 is 12.1 Å². The Morgan fingerprint density at radius 3 is 2.38 bits per heavy atom. The Hall–Kier alpha value is -1.35. The highest BCUT2D eigenvalue weighted by atomic mass is 32.2. The van der Waals surface area contributed by atoms with Crippen LogP contribution in [-0.2, 0) is 14.8 Å². The van der Waals surface area contributed by atoms with Gasteiger partial charge in [0.25, 0.3) is 0 Å². The second kappa shape index (κ2) is 8.18. The molecule has 1 rings (SSSR count). The Morgan fingerprint density at radius 2 is 1.86 bits per heavy atom. The minimum absolute atomic E-state index is 0.234. The number of sulfonamides is 1. The minimum Gasteiger partial charge on any atom is -0.383 e. The van der Waals surface area contributed by atoms with Crippen LogP contribution in [0.25, 0.3) is 0 Å². The number of ether oxygens (including phenoxy) is 1. The third kappa shape index (κ3) is 5.88. The molecule has 9 heteroatoms. The normalized spacial score (nSPS) is 16.3. The van der Waals surface area contributed by atoms with Crippen LogP contribution in [0.15, 0.2) is 0 Å². The largest absolute Gasteiger partial charge is 0.383 e. The fourth-order valence-electron chi connectivity index (χ4n) is 2.37. The van der Waals surface area contributed by atoms with Crippen LogP contribution >= 0.6 is 0 Å². The van der Waals surface area contributed by atoms with Crippen molar-refractivity contribution in [2.24, 2.45) is 0 Å². The van der Waals surface area contributed by atoms with E-state index >= 15 is 0 Å². The molecule has 1 saturated carbocycles. The quantitative estimate of drug-likeness (QED) is 0.723. The fourth-order valence-corrected chi connectivity index (χ4v) is 3.47. The van der Waals surface area contributed by atoms with Crippen molar-refractivity contribution >= 4 is 22.1 Å². The zero-order chi connectivity index (χ0) is 15.9. The number of carbonyl (C=O) groups is 2. The molecular formula is C12H23N3O5S. The van der Waals surface area contributed by atoms with Gasteiger partial charge < -0.3 is 10.1 Å². The van der Waals surface area contributed by atoms with E-state index in [0.717, 1.165) is 29.8 Å². The van der Waals surface area contributed by atoms with Crippen LogP contribution in [-0.4, -0.2) is 57.3 Å². The summed E-state index contributed by atoms with van der Waals surface area (Å²) in [5.74, 6) is 0. The maximum absolute atomic E-state index is 12.1. The van der Waals surface area contributed by atoms with E-state index in [-0.39, 0.29) is 12.6 Å². The van der Waals surface area contributed by atoms with Crippen molar-refractivity contribution < 1.29 is 22.7 Å². The minimum atomic E-state index is -3.72. The summed E-state index contributed by atoms with van der Waals surface area (Å²) >= 11 is 0. The van der Waals surface area contributed by atoms with E-state index < -0.39 is 22.1 Å². The predicted molar refractivity (Wildman–Crippen MR) is 77.4 cm³/mol. The highest BCUT2D eigenvalue weighted by Gasteiger charge is 2.33. The van der Waals surface area contributed by atoms with Crippen molar-refractivity contribution in [2.45, 2.75) is 38.1 Å². The van der Waals surface area contributed by atoms with Crippen LogP contribution in [0.2, 0.25) is 0 Å². The first-order valence-electron chi connectivity index (χ1n) is 6.93. The molecule has 0 aliphatic heterocycles. The molecule has 1 aliphatic rings. The zero-order valence-electron chi connectivity index (χ0n) is 12.4. The molecule has 21 heavy (non-hydrogen) atoms. The Morgan fingerprint density at radius 1 is 1.24 bits per heavy atom. The second-order valence-corrected chi connectivity index (χ2v) is 6.89. The Labute approximate surface area is 125 Å². The third-order valence-electron chi connectivity index (χ3n) is 3.28. The zero-order valence-corrected chi connectivity index (χ0v) is 13.2. The van der Waals surface area contributed by atoms with E-state index in [2.05, 4.69) is 5.32 Å². The highest BCUT2D eigenvalue weighted by molar-refractivity contribution is 7.88. The standard InChI is InChI=1S/C12H23N3O5S/c1-20-9-8-13-11(16)14-12(17)15(21(2,18)19)10-6-4-3-5-7-10/h10H,3-9H2,1-2H3,(H2,13,14,16,17). The maximum atomic E-state index is 12.1. The molecule has 122 valence electrons. The summed E-state index contributed by atoms with van der Waals surface area (Å²) in [6, 6.07) is -2.01. The van der Waals surface area contributed by atoms with Crippen LogP contribution in [0, 0.1) is 0 Å². The van der Waals surface area contributed by atoms with E-state index in [1.807, 2.05) is 5.32 Å². The van der Waals surface area contributed by atoms with Crippen LogP contribution in [0.4, 0.5) is 9.59 Å². The van der Waals surface area contributed by atoms with Gasteiger partial charge in [-0.05, 0) is 12.8 Å². The van der Waals surface area contributed by atoms with Gasteiger partial charge in [-0.2, -0.15) is 0 Å². The smallest absolute Gasteiger partial charge is 0.339 e. The van der Waals surface area contributed by atoms with Crippen molar-refractivity contribution in [1.29, 1.82) is 0 Å². The molecule has 0 unspecified atom stereocenters. The first-order chi connectivity index (χ1) is 9.86. The van der Waals surface area contributed by atoms with E-state index in [1.54, 1.807) is 0 Å². The van der Waals surface area contributed by atoms with Crippen LogP contribution in [0.1, 0.15) is 32.1 Å². The SMILES string of the molecule is COCCNC(=O)NC(=O)N(C1CCCCC1)S(C)(=O)=O. The molecule has 0 heterocycles. The number of urea groups is 2. The van der Waals surface area contributed by atoms with Crippen molar-refractivity contribution in [3.05, 3.63) is 0 Å². The summed E-state index contributed by atoms with van der Waals surface area (Å²) in [5, 5.41) is 4.45. The number of nitrogens with zero attached hydrogens (tertiary/aromatic N) is 1. The third-order valence-corrected chi connectivity index (χ3v) is 4.45. The molecule has 0 spiro atoms. The number of rotatable bonds is 5. The summed E-state index contributed by atoms with van der Waals surface area (Å²) in [7, 11) is -2.23.